The first kappa shape index (κ1) is 13.9. The smallest absolute Gasteiger partial charge is 0.325 e. The second-order valence-corrected chi connectivity index (χ2v) is 5.26. The zero-order chi connectivity index (χ0) is 13.8. The molecule has 4 nitrogen and oxygen atoms in total. The molecule has 0 saturated carbocycles. The number of nitrogens with zero attached hydrogens (tertiary/aromatic N) is 1. The molecule has 1 aromatic carbocycles. The number of methoxy groups -OCH3 is 1. The van der Waals surface area contributed by atoms with Crippen molar-refractivity contribution < 1.29 is 14.6 Å². The first-order valence-electron chi connectivity index (χ1n) is 6.72. The Hall–Kier alpha value is -1.55. The molecule has 0 amide bonds. The summed E-state index contributed by atoms with van der Waals surface area (Å²) in [6, 6.07) is 6.79. The molecule has 0 aliphatic carbocycles. The Morgan fingerprint density at radius 3 is 2.95 bits per heavy atom. The Balaban J connectivity index is 2.26. The quantitative estimate of drug-likeness (QED) is 0.907. The normalized spacial score (nSPS) is 21.9. The van der Waals surface area contributed by atoms with E-state index >= 15 is 0 Å². The molecule has 0 radical (unpaired) electrons. The molecule has 104 valence electrons. The predicted molar refractivity (Wildman–Crippen MR) is 73.3 cm³/mol. The summed E-state index contributed by atoms with van der Waals surface area (Å²) >= 11 is 0. The number of carbonyl (C=O) groups is 1. The van der Waals surface area contributed by atoms with Crippen molar-refractivity contribution in [2.24, 2.45) is 5.92 Å². The molecule has 2 rings (SSSR count). The number of benzene rings is 1. The van der Waals surface area contributed by atoms with Crippen LogP contribution in [0.3, 0.4) is 0 Å². The summed E-state index contributed by atoms with van der Waals surface area (Å²) in [5.74, 6) is 0.470. The largest absolute Gasteiger partial charge is 0.497 e. The SMILES string of the molecule is COc1cccc(C(C(=O)O)N2CCCC(C)C2)c1. The fourth-order valence-corrected chi connectivity index (χ4v) is 2.78. The summed E-state index contributed by atoms with van der Waals surface area (Å²) in [7, 11) is 1.60. The molecule has 0 spiro atoms. The highest BCUT2D eigenvalue weighted by Crippen LogP contribution is 2.28. The van der Waals surface area contributed by atoms with E-state index in [0.717, 1.165) is 25.1 Å². The van der Waals surface area contributed by atoms with Crippen molar-refractivity contribution >= 4 is 5.97 Å². The van der Waals surface area contributed by atoms with Gasteiger partial charge in [-0.2, -0.15) is 0 Å². The predicted octanol–water partition coefficient (Wildman–Crippen LogP) is 2.55. The number of carboxylic acid groups (broad SMARTS) is 1. The highest BCUT2D eigenvalue weighted by molar-refractivity contribution is 5.75. The molecule has 1 fully saturated rings. The third-order valence-corrected chi connectivity index (χ3v) is 3.70. The molecule has 19 heavy (non-hydrogen) atoms. The van der Waals surface area contributed by atoms with Crippen LogP contribution in [0.2, 0.25) is 0 Å². The van der Waals surface area contributed by atoms with E-state index in [1.807, 2.05) is 24.3 Å². The van der Waals surface area contributed by atoms with Crippen LogP contribution in [-0.4, -0.2) is 36.2 Å². The minimum Gasteiger partial charge on any atom is -0.497 e. The Kier molecular flexibility index (Phi) is 4.43. The first-order valence-corrected chi connectivity index (χ1v) is 6.72. The zero-order valence-electron chi connectivity index (χ0n) is 11.5. The van der Waals surface area contributed by atoms with Gasteiger partial charge in [0, 0.05) is 6.54 Å². The van der Waals surface area contributed by atoms with E-state index in [4.69, 9.17) is 4.74 Å². The number of ether oxygens (including phenoxy) is 1. The standard InChI is InChI=1S/C15H21NO3/c1-11-5-4-8-16(10-11)14(15(17)18)12-6-3-7-13(9-12)19-2/h3,6-7,9,11,14H,4-5,8,10H2,1-2H3,(H,17,18). The zero-order valence-corrected chi connectivity index (χ0v) is 11.5. The summed E-state index contributed by atoms with van der Waals surface area (Å²) in [4.78, 5) is 13.7. The van der Waals surface area contributed by atoms with Gasteiger partial charge in [0.15, 0.2) is 0 Å². The van der Waals surface area contributed by atoms with Crippen LogP contribution in [0.1, 0.15) is 31.4 Å². The lowest BCUT2D eigenvalue weighted by Crippen LogP contribution is -2.40. The van der Waals surface area contributed by atoms with E-state index in [1.54, 1.807) is 7.11 Å². The maximum absolute atomic E-state index is 11.6. The van der Waals surface area contributed by atoms with E-state index in [1.165, 1.54) is 6.42 Å². The van der Waals surface area contributed by atoms with Gasteiger partial charge in [0.05, 0.1) is 7.11 Å². The van der Waals surface area contributed by atoms with Crippen LogP contribution >= 0.6 is 0 Å². The van der Waals surface area contributed by atoms with Gasteiger partial charge in [0.25, 0.3) is 0 Å². The lowest BCUT2D eigenvalue weighted by atomic mass is 9.96. The fraction of sp³-hybridized carbons (Fsp3) is 0.533. The summed E-state index contributed by atoms with van der Waals surface area (Å²) in [6.07, 6.45) is 2.25. The van der Waals surface area contributed by atoms with Crippen LogP contribution in [0, 0.1) is 5.92 Å². The molecule has 4 heteroatoms. The third kappa shape index (κ3) is 3.26. The van der Waals surface area contributed by atoms with Gasteiger partial charge in [-0.25, -0.2) is 0 Å². The molecular formula is C15H21NO3. The van der Waals surface area contributed by atoms with Gasteiger partial charge in [0.2, 0.25) is 0 Å². The van der Waals surface area contributed by atoms with E-state index in [9.17, 15) is 9.90 Å². The number of carboxylic acids is 1. The average molecular weight is 263 g/mol. The van der Waals surface area contributed by atoms with Gasteiger partial charge in [-0.15, -0.1) is 0 Å². The third-order valence-electron chi connectivity index (χ3n) is 3.70. The van der Waals surface area contributed by atoms with Gasteiger partial charge in [-0.1, -0.05) is 19.1 Å². The topological polar surface area (TPSA) is 49.8 Å². The van der Waals surface area contributed by atoms with Gasteiger partial charge in [0.1, 0.15) is 11.8 Å². The second kappa shape index (κ2) is 6.06. The molecule has 1 N–H and O–H groups in total. The fourth-order valence-electron chi connectivity index (χ4n) is 2.78. The maximum atomic E-state index is 11.6. The second-order valence-electron chi connectivity index (χ2n) is 5.26. The van der Waals surface area contributed by atoms with Crippen LogP contribution in [0.15, 0.2) is 24.3 Å². The number of likely N-dealkylation sites (tertiary alicyclic amines) is 1. The first-order chi connectivity index (χ1) is 9.11. The summed E-state index contributed by atoms with van der Waals surface area (Å²) < 4.78 is 5.18. The molecule has 0 aromatic heterocycles. The Labute approximate surface area is 114 Å². The van der Waals surface area contributed by atoms with Crippen molar-refractivity contribution in [3.05, 3.63) is 29.8 Å². The number of hydrogen-bond acceptors (Lipinski definition) is 3. The minimum atomic E-state index is -0.789. The van der Waals surface area contributed by atoms with Crippen molar-refractivity contribution in [1.29, 1.82) is 0 Å². The highest BCUT2D eigenvalue weighted by atomic mass is 16.5. The number of piperidine rings is 1. The molecule has 1 aromatic rings. The average Bonchev–Trinajstić information content (AvgIpc) is 2.39. The van der Waals surface area contributed by atoms with Crippen LogP contribution in [-0.2, 0) is 4.79 Å². The summed E-state index contributed by atoms with van der Waals surface area (Å²) in [5.41, 5.74) is 0.793. The van der Waals surface area contributed by atoms with Crippen LogP contribution in [0.25, 0.3) is 0 Å². The van der Waals surface area contributed by atoms with Gasteiger partial charge >= 0.3 is 5.97 Å². The molecular weight excluding hydrogens is 242 g/mol. The Bertz CT molecular complexity index is 447. The van der Waals surface area contributed by atoms with Gasteiger partial charge in [-0.05, 0) is 43.0 Å². The summed E-state index contributed by atoms with van der Waals surface area (Å²) in [6.45, 7) is 3.86. The van der Waals surface area contributed by atoms with Gasteiger partial charge in [-0.3, -0.25) is 9.69 Å². The summed E-state index contributed by atoms with van der Waals surface area (Å²) in [5, 5.41) is 9.55. The van der Waals surface area contributed by atoms with Crippen LogP contribution < -0.4 is 4.74 Å². The monoisotopic (exact) mass is 263 g/mol. The van der Waals surface area contributed by atoms with Gasteiger partial charge < -0.3 is 9.84 Å². The van der Waals surface area contributed by atoms with Crippen molar-refractivity contribution in [3.63, 3.8) is 0 Å². The van der Waals surface area contributed by atoms with E-state index < -0.39 is 12.0 Å². The number of rotatable bonds is 4. The molecule has 1 aliphatic heterocycles. The van der Waals surface area contributed by atoms with Crippen molar-refractivity contribution in [3.8, 4) is 5.75 Å². The van der Waals surface area contributed by atoms with Crippen LogP contribution in [0.4, 0.5) is 0 Å². The Morgan fingerprint density at radius 2 is 2.32 bits per heavy atom. The number of hydrogen-bond donors (Lipinski definition) is 1. The molecule has 1 heterocycles. The molecule has 1 aliphatic rings. The van der Waals surface area contributed by atoms with E-state index in [-0.39, 0.29) is 0 Å². The lowest BCUT2D eigenvalue weighted by Gasteiger charge is -2.35. The number of aliphatic carboxylic acids is 1. The molecule has 2 unspecified atom stereocenters. The molecule has 1 saturated heterocycles. The van der Waals surface area contributed by atoms with Crippen molar-refractivity contribution in [2.45, 2.75) is 25.8 Å². The van der Waals surface area contributed by atoms with Crippen molar-refractivity contribution in [2.75, 3.05) is 20.2 Å². The lowest BCUT2D eigenvalue weighted by molar-refractivity contribution is -0.144. The maximum Gasteiger partial charge on any atom is 0.325 e. The molecule has 2 atom stereocenters. The van der Waals surface area contributed by atoms with E-state index in [0.29, 0.717) is 11.7 Å². The van der Waals surface area contributed by atoms with Crippen LogP contribution in [0.5, 0.6) is 5.75 Å². The molecule has 0 bridgehead atoms. The van der Waals surface area contributed by atoms with E-state index in [2.05, 4.69) is 11.8 Å². The van der Waals surface area contributed by atoms with Crippen molar-refractivity contribution in [1.82, 2.24) is 4.90 Å². The highest BCUT2D eigenvalue weighted by Gasteiger charge is 2.30. The Morgan fingerprint density at radius 1 is 1.53 bits per heavy atom. The minimum absolute atomic E-state index is 0.557.